The number of hydrogen-bond donors (Lipinski definition) is 1. The molecule has 0 bridgehead atoms. The Balaban J connectivity index is 1.72. The van der Waals surface area contributed by atoms with Crippen molar-refractivity contribution in [1.82, 2.24) is 4.90 Å². The highest BCUT2D eigenvalue weighted by molar-refractivity contribution is 5.78. The van der Waals surface area contributed by atoms with Crippen LogP contribution in [0.3, 0.4) is 0 Å². The topological polar surface area (TPSA) is 46.3 Å². The van der Waals surface area contributed by atoms with E-state index in [9.17, 15) is 4.79 Å². The molecule has 22 heavy (non-hydrogen) atoms. The molecule has 0 radical (unpaired) electrons. The molecule has 1 heterocycles. The van der Waals surface area contributed by atoms with Crippen molar-refractivity contribution in [2.24, 2.45) is 5.73 Å². The third kappa shape index (κ3) is 3.20. The smallest absolute Gasteiger partial charge is 0.236 e. The van der Waals surface area contributed by atoms with Gasteiger partial charge < -0.3 is 10.6 Å². The SMILES string of the molecule is NCC(=O)N1CCCC1c1ccc(Cc2ccccc2)cc1. The van der Waals surface area contributed by atoms with Gasteiger partial charge in [0.15, 0.2) is 0 Å². The molecule has 1 aliphatic heterocycles. The summed E-state index contributed by atoms with van der Waals surface area (Å²) < 4.78 is 0. The van der Waals surface area contributed by atoms with E-state index in [1.807, 2.05) is 11.0 Å². The standard InChI is InChI=1S/C19H22N2O/c20-14-19(22)21-12-4-7-18(21)17-10-8-16(9-11-17)13-15-5-2-1-3-6-15/h1-3,5-6,8-11,18H,4,7,12-14,20H2. The average molecular weight is 294 g/mol. The quantitative estimate of drug-likeness (QED) is 0.942. The Labute approximate surface area is 131 Å². The van der Waals surface area contributed by atoms with E-state index in [-0.39, 0.29) is 18.5 Å². The third-order valence-corrected chi connectivity index (χ3v) is 4.36. The monoisotopic (exact) mass is 294 g/mol. The Morgan fingerprint density at radius 1 is 1.05 bits per heavy atom. The van der Waals surface area contributed by atoms with Crippen LogP contribution in [0.25, 0.3) is 0 Å². The van der Waals surface area contributed by atoms with Gasteiger partial charge in [-0.25, -0.2) is 0 Å². The summed E-state index contributed by atoms with van der Waals surface area (Å²) in [5.41, 5.74) is 9.34. The maximum Gasteiger partial charge on any atom is 0.236 e. The van der Waals surface area contributed by atoms with E-state index >= 15 is 0 Å². The maximum absolute atomic E-state index is 11.9. The predicted molar refractivity (Wildman–Crippen MR) is 88.4 cm³/mol. The molecular formula is C19H22N2O. The van der Waals surface area contributed by atoms with Crippen molar-refractivity contribution in [3.63, 3.8) is 0 Å². The first-order valence-electron chi connectivity index (χ1n) is 7.90. The molecule has 3 rings (SSSR count). The van der Waals surface area contributed by atoms with Crippen molar-refractivity contribution in [2.45, 2.75) is 25.3 Å². The van der Waals surface area contributed by atoms with Gasteiger partial charge >= 0.3 is 0 Å². The summed E-state index contributed by atoms with van der Waals surface area (Å²) in [5.74, 6) is 0.0517. The van der Waals surface area contributed by atoms with E-state index in [0.717, 1.165) is 25.8 Å². The van der Waals surface area contributed by atoms with Crippen molar-refractivity contribution < 1.29 is 4.79 Å². The van der Waals surface area contributed by atoms with Gasteiger partial charge in [-0.15, -0.1) is 0 Å². The molecule has 2 aromatic rings. The van der Waals surface area contributed by atoms with Crippen LogP contribution < -0.4 is 5.73 Å². The zero-order chi connectivity index (χ0) is 15.4. The molecule has 0 aliphatic carbocycles. The zero-order valence-electron chi connectivity index (χ0n) is 12.7. The number of carbonyl (C=O) groups excluding carboxylic acids is 1. The van der Waals surface area contributed by atoms with E-state index in [0.29, 0.717) is 0 Å². The van der Waals surface area contributed by atoms with E-state index in [2.05, 4.69) is 48.5 Å². The van der Waals surface area contributed by atoms with E-state index in [4.69, 9.17) is 5.73 Å². The maximum atomic E-state index is 11.9. The van der Waals surface area contributed by atoms with E-state index < -0.39 is 0 Å². The number of likely N-dealkylation sites (tertiary alicyclic amines) is 1. The summed E-state index contributed by atoms with van der Waals surface area (Å²) in [6, 6.07) is 19.3. The molecule has 0 aromatic heterocycles. The second-order valence-corrected chi connectivity index (χ2v) is 5.85. The molecule has 1 saturated heterocycles. The molecule has 2 N–H and O–H groups in total. The fourth-order valence-corrected chi connectivity index (χ4v) is 3.22. The summed E-state index contributed by atoms with van der Waals surface area (Å²) in [6.45, 7) is 0.926. The third-order valence-electron chi connectivity index (χ3n) is 4.36. The number of nitrogens with zero attached hydrogens (tertiary/aromatic N) is 1. The minimum atomic E-state index is 0.0517. The van der Waals surface area contributed by atoms with Crippen LogP contribution in [-0.2, 0) is 11.2 Å². The number of carbonyl (C=O) groups is 1. The Morgan fingerprint density at radius 2 is 1.73 bits per heavy atom. The van der Waals surface area contributed by atoms with Crippen LogP contribution in [0.5, 0.6) is 0 Å². The van der Waals surface area contributed by atoms with Crippen LogP contribution in [0, 0.1) is 0 Å². The second kappa shape index (κ2) is 6.75. The molecule has 1 aliphatic rings. The molecule has 1 amide bonds. The zero-order valence-corrected chi connectivity index (χ0v) is 12.7. The molecule has 3 heteroatoms. The fourth-order valence-electron chi connectivity index (χ4n) is 3.22. The largest absolute Gasteiger partial charge is 0.335 e. The number of benzene rings is 2. The summed E-state index contributed by atoms with van der Waals surface area (Å²) in [5, 5.41) is 0. The van der Waals surface area contributed by atoms with Crippen molar-refractivity contribution in [1.29, 1.82) is 0 Å². The van der Waals surface area contributed by atoms with Crippen LogP contribution in [0.1, 0.15) is 35.6 Å². The van der Waals surface area contributed by atoms with Gasteiger partial charge in [0, 0.05) is 6.54 Å². The Bertz CT molecular complexity index is 622. The molecule has 3 nitrogen and oxygen atoms in total. The second-order valence-electron chi connectivity index (χ2n) is 5.85. The molecule has 1 fully saturated rings. The van der Waals surface area contributed by atoms with E-state index in [1.54, 1.807) is 0 Å². The lowest BCUT2D eigenvalue weighted by molar-refractivity contribution is -0.130. The predicted octanol–water partition coefficient (Wildman–Crippen LogP) is 2.90. The van der Waals surface area contributed by atoms with Crippen LogP contribution in [0.2, 0.25) is 0 Å². The average Bonchev–Trinajstić information content (AvgIpc) is 3.05. The summed E-state index contributed by atoms with van der Waals surface area (Å²) in [4.78, 5) is 13.8. The van der Waals surface area contributed by atoms with Gasteiger partial charge in [0.05, 0.1) is 12.6 Å². The van der Waals surface area contributed by atoms with Crippen LogP contribution in [0.4, 0.5) is 0 Å². The number of rotatable bonds is 4. The van der Waals surface area contributed by atoms with Gasteiger partial charge in [0.1, 0.15) is 0 Å². The molecular weight excluding hydrogens is 272 g/mol. The van der Waals surface area contributed by atoms with Gasteiger partial charge in [-0.2, -0.15) is 0 Å². The molecule has 0 saturated carbocycles. The molecule has 114 valence electrons. The number of nitrogens with two attached hydrogens (primary N) is 1. The van der Waals surface area contributed by atoms with Gasteiger partial charge in [0.25, 0.3) is 0 Å². The van der Waals surface area contributed by atoms with Gasteiger partial charge in [-0.05, 0) is 36.0 Å². The number of hydrogen-bond acceptors (Lipinski definition) is 2. The van der Waals surface area contributed by atoms with Crippen molar-refractivity contribution in [2.75, 3.05) is 13.1 Å². The molecule has 2 aromatic carbocycles. The lowest BCUT2D eigenvalue weighted by Crippen LogP contribution is -2.35. The molecule has 1 atom stereocenters. The summed E-state index contributed by atoms with van der Waals surface area (Å²) in [6.07, 6.45) is 3.03. The highest BCUT2D eigenvalue weighted by Crippen LogP contribution is 2.32. The van der Waals surface area contributed by atoms with Gasteiger partial charge in [-0.1, -0.05) is 54.6 Å². The highest BCUT2D eigenvalue weighted by atomic mass is 16.2. The normalized spacial score (nSPS) is 17.7. The Hall–Kier alpha value is -2.13. The minimum absolute atomic E-state index is 0.0517. The van der Waals surface area contributed by atoms with Gasteiger partial charge in [0.2, 0.25) is 5.91 Å². The van der Waals surface area contributed by atoms with Crippen LogP contribution in [-0.4, -0.2) is 23.9 Å². The summed E-state index contributed by atoms with van der Waals surface area (Å²) in [7, 11) is 0. The van der Waals surface area contributed by atoms with Crippen molar-refractivity contribution >= 4 is 5.91 Å². The first-order chi connectivity index (χ1) is 10.8. The van der Waals surface area contributed by atoms with Crippen molar-refractivity contribution in [3.05, 3.63) is 71.3 Å². The lowest BCUT2D eigenvalue weighted by atomic mass is 9.99. The van der Waals surface area contributed by atoms with Crippen LogP contribution in [0.15, 0.2) is 54.6 Å². The first kappa shape index (κ1) is 14.8. The fraction of sp³-hybridized carbons (Fsp3) is 0.316. The Morgan fingerprint density at radius 3 is 2.41 bits per heavy atom. The van der Waals surface area contributed by atoms with Crippen LogP contribution >= 0.6 is 0 Å². The lowest BCUT2D eigenvalue weighted by Gasteiger charge is -2.24. The molecule has 0 spiro atoms. The summed E-state index contributed by atoms with van der Waals surface area (Å²) >= 11 is 0. The first-order valence-corrected chi connectivity index (χ1v) is 7.90. The minimum Gasteiger partial charge on any atom is -0.335 e. The van der Waals surface area contributed by atoms with Crippen molar-refractivity contribution in [3.8, 4) is 0 Å². The highest BCUT2D eigenvalue weighted by Gasteiger charge is 2.28. The van der Waals surface area contributed by atoms with E-state index in [1.165, 1.54) is 16.7 Å². The Kier molecular flexibility index (Phi) is 4.54. The number of amides is 1. The van der Waals surface area contributed by atoms with Gasteiger partial charge in [-0.3, -0.25) is 4.79 Å². The molecule has 1 unspecified atom stereocenters.